The number of carbonyl (C=O) groups excluding carboxylic acids is 1. The Morgan fingerprint density at radius 2 is 1.82 bits per heavy atom. The molecule has 2 fully saturated rings. The number of aryl methyl sites for hydroxylation is 2. The molecule has 1 aliphatic carbocycles. The second-order valence-corrected chi connectivity index (χ2v) is 10.4. The van der Waals surface area contributed by atoms with Crippen molar-refractivity contribution < 1.29 is 14.3 Å². The summed E-state index contributed by atoms with van der Waals surface area (Å²) >= 11 is 0. The molecule has 0 spiro atoms. The van der Waals surface area contributed by atoms with Crippen LogP contribution in [0.2, 0.25) is 0 Å². The Morgan fingerprint density at radius 3 is 2.41 bits per heavy atom. The fourth-order valence-corrected chi connectivity index (χ4v) is 5.80. The minimum Gasteiger partial charge on any atom is -0.480 e. The van der Waals surface area contributed by atoms with Gasteiger partial charge in [-0.2, -0.15) is 0 Å². The lowest BCUT2D eigenvalue weighted by atomic mass is 9.92. The third-order valence-corrected chi connectivity index (χ3v) is 7.76. The second-order valence-electron chi connectivity index (χ2n) is 10.4. The van der Waals surface area contributed by atoms with Crippen LogP contribution < -0.4 is 25.2 Å². The van der Waals surface area contributed by atoms with E-state index in [-0.39, 0.29) is 5.91 Å². The molecule has 2 heterocycles. The number of anilines is 2. The van der Waals surface area contributed by atoms with Crippen molar-refractivity contribution >= 4 is 17.4 Å². The number of benzene rings is 1. The topological polar surface area (TPSA) is 83.9 Å². The van der Waals surface area contributed by atoms with Crippen molar-refractivity contribution in [2.45, 2.75) is 71.9 Å². The molecule has 1 amide bonds. The summed E-state index contributed by atoms with van der Waals surface area (Å²) in [6, 6.07) is 4.91. The molecular weight excluding hydrogens is 492 g/mol. The number of hydrogen-bond acceptors (Lipinski definition) is 7. The number of amides is 1. The Bertz CT molecular complexity index is 1060. The zero-order chi connectivity index (χ0) is 28.4. The summed E-state index contributed by atoms with van der Waals surface area (Å²) in [5, 5.41) is 10.5. The van der Waals surface area contributed by atoms with Crippen LogP contribution in [0, 0.1) is 6.92 Å². The number of carbonyl (C=O) groups is 1. The van der Waals surface area contributed by atoms with E-state index in [4.69, 9.17) is 9.47 Å². The third kappa shape index (κ3) is 7.45. The van der Waals surface area contributed by atoms with Gasteiger partial charge >= 0.3 is 0 Å². The molecular formula is C30H50N6O3. The van der Waals surface area contributed by atoms with Gasteiger partial charge in [-0.1, -0.05) is 26.2 Å². The van der Waals surface area contributed by atoms with Crippen LogP contribution in [-0.4, -0.2) is 75.8 Å². The molecule has 1 aromatic carbocycles. The van der Waals surface area contributed by atoms with Crippen molar-refractivity contribution in [2.75, 3.05) is 63.9 Å². The molecule has 2 aliphatic rings. The Labute approximate surface area is 235 Å². The van der Waals surface area contributed by atoms with Crippen LogP contribution in [-0.2, 0) is 24.8 Å². The number of nitrogens with one attached hydrogen (secondary N) is 2. The molecule has 0 atom stereocenters. The summed E-state index contributed by atoms with van der Waals surface area (Å²) in [4.78, 5) is 18.4. The quantitative estimate of drug-likeness (QED) is 0.494. The molecule has 0 bridgehead atoms. The van der Waals surface area contributed by atoms with Gasteiger partial charge in [0.2, 0.25) is 5.88 Å². The van der Waals surface area contributed by atoms with E-state index in [9.17, 15) is 4.79 Å². The van der Waals surface area contributed by atoms with Gasteiger partial charge in [0.25, 0.3) is 5.91 Å². The monoisotopic (exact) mass is 542 g/mol. The molecule has 9 heteroatoms. The molecule has 1 aliphatic heterocycles. The van der Waals surface area contributed by atoms with Crippen LogP contribution in [0.1, 0.15) is 73.0 Å². The summed E-state index contributed by atoms with van der Waals surface area (Å²) < 4.78 is 13.0. The van der Waals surface area contributed by atoms with Crippen LogP contribution in [0.3, 0.4) is 0 Å². The van der Waals surface area contributed by atoms with Crippen molar-refractivity contribution in [3.8, 4) is 5.88 Å². The first-order valence-electron chi connectivity index (χ1n) is 14.6. The van der Waals surface area contributed by atoms with Gasteiger partial charge in [-0.15, -0.1) is 5.10 Å². The highest BCUT2D eigenvalue weighted by atomic mass is 16.5. The average molecular weight is 543 g/mol. The molecule has 218 valence electrons. The Hall–Kier alpha value is -2.78. The Morgan fingerprint density at radius 1 is 1.15 bits per heavy atom. The van der Waals surface area contributed by atoms with Gasteiger partial charge in [-0.25, -0.2) is 4.68 Å². The van der Waals surface area contributed by atoms with Crippen LogP contribution in [0.5, 0.6) is 5.88 Å². The molecule has 2 N–H and O–H groups in total. The molecule has 4 rings (SSSR count). The maximum Gasteiger partial charge on any atom is 0.251 e. The van der Waals surface area contributed by atoms with Gasteiger partial charge in [-0.3, -0.25) is 4.79 Å². The number of methoxy groups -OCH3 is 1. The summed E-state index contributed by atoms with van der Waals surface area (Å²) in [7, 11) is 7.30. The zero-order valence-electron chi connectivity index (χ0n) is 25.2. The lowest BCUT2D eigenvalue weighted by molar-refractivity contribution is 0.0949. The van der Waals surface area contributed by atoms with Crippen LogP contribution in [0.15, 0.2) is 12.1 Å². The van der Waals surface area contributed by atoms with Crippen molar-refractivity contribution in [1.82, 2.24) is 20.4 Å². The SMILES string of the molecule is CCc1cc(C(=O)NCc2c(OC)nn(C)c2N2CCOCC2)c(C)c(N(CC)C2CCCCC2)c1.CNC. The van der Waals surface area contributed by atoms with Gasteiger partial charge in [-0.05, 0) is 70.5 Å². The number of aromatic nitrogens is 2. The van der Waals surface area contributed by atoms with E-state index in [0.717, 1.165) is 48.6 Å². The summed E-state index contributed by atoms with van der Waals surface area (Å²) in [6.07, 6.45) is 7.28. The van der Waals surface area contributed by atoms with Crippen LogP contribution in [0.25, 0.3) is 0 Å². The van der Waals surface area contributed by atoms with E-state index >= 15 is 0 Å². The molecule has 0 unspecified atom stereocenters. The Balaban J connectivity index is 0.00000134. The number of morpholine rings is 1. The van der Waals surface area contributed by atoms with E-state index in [1.165, 1.54) is 43.4 Å². The summed E-state index contributed by atoms with van der Waals surface area (Å²) in [5.41, 5.74) is 5.13. The largest absolute Gasteiger partial charge is 0.480 e. The minimum absolute atomic E-state index is 0.0532. The van der Waals surface area contributed by atoms with Crippen LogP contribution >= 0.6 is 0 Å². The van der Waals surface area contributed by atoms with Gasteiger partial charge < -0.3 is 29.9 Å². The number of nitrogens with zero attached hydrogens (tertiary/aromatic N) is 4. The fourth-order valence-electron chi connectivity index (χ4n) is 5.80. The zero-order valence-corrected chi connectivity index (χ0v) is 25.2. The molecule has 2 aromatic rings. The van der Waals surface area contributed by atoms with E-state index in [2.05, 4.69) is 58.4 Å². The molecule has 39 heavy (non-hydrogen) atoms. The summed E-state index contributed by atoms with van der Waals surface area (Å²) in [6.45, 7) is 10.7. The van der Waals surface area contributed by atoms with Crippen LogP contribution in [0.4, 0.5) is 11.5 Å². The normalized spacial score (nSPS) is 15.9. The van der Waals surface area contributed by atoms with Gasteiger partial charge in [0.15, 0.2) is 0 Å². The van der Waals surface area contributed by atoms with Crippen molar-refractivity contribution in [3.05, 3.63) is 34.4 Å². The molecule has 9 nitrogen and oxygen atoms in total. The maximum absolute atomic E-state index is 13.6. The van der Waals surface area contributed by atoms with E-state index in [0.29, 0.717) is 31.7 Å². The highest BCUT2D eigenvalue weighted by Gasteiger charge is 2.26. The van der Waals surface area contributed by atoms with E-state index < -0.39 is 0 Å². The van der Waals surface area contributed by atoms with Gasteiger partial charge in [0.1, 0.15) is 5.82 Å². The molecule has 1 saturated carbocycles. The highest BCUT2D eigenvalue weighted by molar-refractivity contribution is 5.97. The Kier molecular flexibility index (Phi) is 11.9. The molecule has 1 saturated heterocycles. The van der Waals surface area contributed by atoms with Gasteiger partial charge in [0, 0.05) is 44.0 Å². The van der Waals surface area contributed by atoms with Crippen molar-refractivity contribution in [1.29, 1.82) is 0 Å². The second kappa shape index (κ2) is 15.1. The maximum atomic E-state index is 13.6. The average Bonchev–Trinajstić information content (AvgIpc) is 3.29. The van der Waals surface area contributed by atoms with E-state index in [1.54, 1.807) is 7.11 Å². The van der Waals surface area contributed by atoms with E-state index in [1.807, 2.05) is 25.8 Å². The van der Waals surface area contributed by atoms with Crippen molar-refractivity contribution in [2.24, 2.45) is 7.05 Å². The molecule has 1 aromatic heterocycles. The first-order valence-corrected chi connectivity index (χ1v) is 14.6. The number of ether oxygens (including phenoxy) is 2. The lowest BCUT2D eigenvalue weighted by Crippen LogP contribution is -2.38. The van der Waals surface area contributed by atoms with Gasteiger partial charge in [0.05, 0.1) is 32.4 Å². The molecule has 0 radical (unpaired) electrons. The smallest absolute Gasteiger partial charge is 0.251 e. The minimum atomic E-state index is -0.0532. The lowest BCUT2D eigenvalue weighted by Gasteiger charge is -2.37. The summed E-state index contributed by atoms with van der Waals surface area (Å²) in [5.74, 6) is 1.47. The first kappa shape index (κ1) is 30.8. The highest BCUT2D eigenvalue weighted by Crippen LogP contribution is 2.33. The third-order valence-electron chi connectivity index (χ3n) is 7.76. The predicted octanol–water partition coefficient (Wildman–Crippen LogP) is 4.06. The first-order chi connectivity index (χ1) is 18.9. The van der Waals surface area contributed by atoms with Crippen molar-refractivity contribution in [3.63, 3.8) is 0 Å². The number of hydrogen-bond donors (Lipinski definition) is 2. The standard InChI is InChI=1S/C28H43N5O3.C2H7N/c1-6-21-17-23(20(3)25(18-21)33(7-2)22-11-9-8-10-12-22)26(34)29-19-24-27(35-5)30-31(4)28(24)32-13-15-36-16-14-32;1-3-2/h17-18,22H,6-16,19H2,1-5H3,(H,29,34);3H,1-2H3. The predicted molar refractivity (Wildman–Crippen MR) is 159 cm³/mol. The number of rotatable bonds is 9. The fraction of sp³-hybridized carbons (Fsp3) is 0.667.